The number of nitrogens with zero attached hydrogens (tertiary/aromatic N) is 5. The molecule has 2 amide bonds. The Labute approximate surface area is 157 Å². The Morgan fingerprint density at radius 1 is 1.00 bits per heavy atom. The Balaban J connectivity index is 1.31. The van der Waals surface area contributed by atoms with Gasteiger partial charge in [0.2, 0.25) is 17.7 Å². The first-order valence-electron chi connectivity index (χ1n) is 9.50. The lowest BCUT2D eigenvalue weighted by atomic mass is 9.96. The molecule has 8 heteroatoms. The molecule has 0 aliphatic carbocycles. The summed E-state index contributed by atoms with van der Waals surface area (Å²) in [6, 6.07) is 3.46. The molecule has 2 fully saturated rings. The zero-order chi connectivity index (χ0) is 18.6. The van der Waals surface area contributed by atoms with Gasteiger partial charge in [-0.05, 0) is 37.8 Å². The van der Waals surface area contributed by atoms with Gasteiger partial charge in [-0.1, -0.05) is 0 Å². The van der Waals surface area contributed by atoms with Gasteiger partial charge < -0.3 is 14.2 Å². The van der Waals surface area contributed by atoms with Gasteiger partial charge >= 0.3 is 0 Å². The van der Waals surface area contributed by atoms with Crippen molar-refractivity contribution in [2.24, 2.45) is 0 Å². The Bertz CT molecular complexity index is 793. The van der Waals surface area contributed by atoms with Crippen LogP contribution in [-0.4, -0.2) is 63.0 Å². The molecular formula is C19H23N5O3. The van der Waals surface area contributed by atoms with Gasteiger partial charge in [-0.2, -0.15) is 0 Å². The van der Waals surface area contributed by atoms with Gasteiger partial charge in [-0.25, -0.2) is 0 Å². The van der Waals surface area contributed by atoms with Crippen LogP contribution in [0.5, 0.6) is 0 Å². The van der Waals surface area contributed by atoms with Gasteiger partial charge in [0.05, 0.1) is 0 Å². The highest BCUT2D eigenvalue weighted by Crippen LogP contribution is 2.28. The third kappa shape index (κ3) is 3.99. The number of likely N-dealkylation sites (tertiary alicyclic amines) is 2. The second kappa shape index (κ2) is 7.85. The van der Waals surface area contributed by atoms with Crippen LogP contribution >= 0.6 is 0 Å². The van der Waals surface area contributed by atoms with Crippen molar-refractivity contribution >= 4 is 11.8 Å². The van der Waals surface area contributed by atoms with E-state index in [1.54, 1.807) is 24.5 Å². The van der Waals surface area contributed by atoms with Crippen molar-refractivity contribution in [2.75, 3.05) is 26.2 Å². The highest BCUT2D eigenvalue weighted by atomic mass is 16.4. The molecule has 0 unspecified atom stereocenters. The molecule has 2 saturated heterocycles. The van der Waals surface area contributed by atoms with Crippen molar-refractivity contribution in [2.45, 2.75) is 38.0 Å². The molecular weight excluding hydrogens is 346 g/mol. The van der Waals surface area contributed by atoms with Gasteiger partial charge in [-0.3, -0.25) is 14.6 Å². The van der Waals surface area contributed by atoms with Crippen LogP contribution in [0.15, 0.2) is 28.9 Å². The summed E-state index contributed by atoms with van der Waals surface area (Å²) in [5, 5.41) is 8.20. The molecule has 27 heavy (non-hydrogen) atoms. The molecule has 4 heterocycles. The lowest BCUT2D eigenvalue weighted by Gasteiger charge is -2.30. The number of hydrogen-bond donors (Lipinski definition) is 0. The highest BCUT2D eigenvalue weighted by molar-refractivity contribution is 5.94. The summed E-state index contributed by atoms with van der Waals surface area (Å²) >= 11 is 0. The molecule has 4 rings (SSSR count). The fourth-order valence-electron chi connectivity index (χ4n) is 3.72. The smallest absolute Gasteiger partial charge is 0.253 e. The molecule has 2 aliphatic rings. The Hall–Kier alpha value is -2.77. The third-order valence-corrected chi connectivity index (χ3v) is 5.30. The van der Waals surface area contributed by atoms with Gasteiger partial charge in [0.1, 0.15) is 6.42 Å². The quantitative estimate of drug-likeness (QED) is 0.814. The first kappa shape index (κ1) is 17.6. The fraction of sp³-hybridized carbons (Fsp3) is 0.526. The molecule has 0 bridgehead atoms. The Morgan fingerprint density at radius 3 is 2.41 bits per heavy atom. The number of amides is 2. The second-order valence-electron chi connectivity index (χ2n) is 7.10. The summed E-state index contributed by atoms with van der Waals surface area (Å²) in [7, 11) is 0. The van der Waals surface area contributed by atoms with E-state index < -0.39 is 0 Å². The molecule has 0 N–H and O–H groups in total. The van der Waals surface area contributed by atoms with Gasteiger partial charge in [-0.15, -0.1) is 10.2 Å². The summed E-state index contributed by atoms with van der Waals surface area (Å²) in [5.41, 5.74) is 0.656. The van der Waals surface area contributed by atoms with Crippen LogP contribution < -0.4 is 0 Å². The Kier molecular flexibility index (Phi) is 5.13. The van der Waals surface area contributed by atoms with Crippen molar-refractivity contribution in [3.8, 4) is 0 Å². The monoisotopic (exact) mass is 369 g/mol. The summed E-state index contributed by atoms with van der Waals surface area (Å²) < 4.78 is 5.75. The second-order valence-corrected chi connectivity index (χ2v) is 7.10. The van der Waals surface area contributed by atoms with Crippen molar-refractivity contribution < 1.29 is 14.0 Å². The molecule has 0 saturated carbocycles. The number of piperidine rings is 1. The van der Waals surface area contributed by atoms with E-state index in [-0.39, 0.29) is 24.2 Å². The molecule has 2 aromatic rings. The maximum Gasteiger partial charge on any atom is 0.253 e. The topological polar surface area (TPSA) is 92.4 Å². The third-order valence-electron chi connectivity index (χ3n) is 5.30. The van der Waals surface area contributed by atoms with Crippen molar-refractivity contribution in [3.05, 3.63) is 41.9 Å². The van der Waals surface area contributed by atoms with E-state index in [0.29, 0.717) is 30.4 Å². The van der Waals surface area contributed by atoms with Gasteiger partial charge in [0, 0.05) is 50.1 Å². The zero-order valence-corrected chi connectivity index (χ0v) is 15.2. The van der Waals surface area contributed by atoms with E-state index in [4.69, 9.17) is 4.42 Å². The first-order chi connectivity index (χ1) is 13.2. The standard InChI is InChI=1S/C19H23N5O3/c25-17(23-9-1-2-10-23)13-16-21-22-18(27-16)14-5-11-24(12-6-14)19(26)15-3-7-20-8-4-15/h3-4,7-8,14H,1-2,5-6,9-13H2. The average Bonchev–Trinajstić information content (AvgIpc) is 3.40. The molecule has 2 aliphatic heterocycles. The fourth-order valence-corrected chi connectivity index (χ4v) is 3.72. The van der Waals surface area contributed by atoms with E-state index in [2.05, 4.69) is 15.2 Å². The van der Waals surface area contributed by atoms with Crippen molar-refractivity contribution in [1.29, 1.82) is 0 Å². The van der Waals surface area contributed by atoms with E-state index in [1.807, 2.05) is 9.80 Å². The minimum atomic E-state index is 0.0262. The van der Waals surface area contributed by atoms with Crippen LogP contribution in [0, 0.1) is 0 Å². The lowest BCUT2D eigenvalue weighted by molar-refractivity contribution is -0.129. The number of carbonyl (C=O) groups excluding carboxylic acids is 2. The molecule has 142 valence electrons. The summed E-state index contributed by atoms with van der Waals surface area (Å²) in [5.74, 6) is 1.18. The lowest BCUT2D eigenvalue weighted by Crippen LogP contribution is -2.38. The van der Waals surface area contributed by atoms with Crippen molar-refractivity contribution in [3.63, 3.8) is 0 Å². The molecule has 0 spiro atoms. The van der Waals surface area contributed by atoms with E-state index >= 15 is 0 Å². The number of hydrogen-bond acceptors (Lipinski definition) is 6. The summed E-state index contributed by atoms with van der Waals surface area (Å²) in [4.78, 5) is 32.3. The van der Waals surface area contributed by atoms with Crippen LogP contribution in [0.1, 0.15) is 53.7 Å². The maximum absolute atomic E-state index is 12.5. The van der Waals surface area contributed by atoms with Crippen LogP contribution in [0.3, 0.4) is 0 Å². The largest absolute Gasteiger partial charge is 0.424 e. The normalized spacial score (nSPS) is 18.1. The predicted octanol–water partition coefficient (Wildman–Crippen LogP) is 1.65. The molecule has 8 nitrogen and oxygen atoms in total. The number of rotatable bonds is 4. The number of carbonyl (C=O) groups is 2. The van der Waals surface area contributed by atoms with Crippen molar-refractivity contribution in [1.82, 2.24) is 25.0 Å². The van der Waals surface area contributed by atoms with E-state index in [1.165, 1.54) is 0 Å². The molecule has 0 atom stereocenters. The molecule has 0 aromatic carbocycles. The zero-order valence-electron chi connectivity index (χ0n) is 15.2. The van der Waals surface area contributed by atoms with Gasteiger partial charge in [0.15, 0.2) is 0 Å². The van der Waals surface area contributed by atoms with Crippen LogP contribution in [-0.2, 0) is 11.2 Å². The maximum atomic E-state index is 12.5. The Morgan fingerprint density at radius 2 is 1.70 bits per heavy atom. The predicted molar refractivity (Wildman–Crippen MR) is 95.9 cm³/mol. The average molecular weight is 369 g/mol. The minimum Gasteiger partial charge on any atom is -0.424 e. The van der Waals surface area contributed by atoms with E-state index in [9.17, 15) is 9.59 Å². The molecule has 2 aromatic heterocycles. The highest BCUT2D eigenvalue weighted by Gasteiger charge is 2.28. The van der Waals surface area contributed by atoms with Crippen LogP contribution in [0.25, 0.3) is 0 Å². The van der Waals surface area contributed by atoms with Gasteiger partial charge in [0.25, 0.3) is 5.91 Å². The number of pyridine rings is 1. The van der Waals surface area contributed by atoms with Crippen LogP contribution in [0.4, 0.5) is 0 Å². The SMILES string of the molecule is O=C(Cc1nnc(C2CCN(C(=O)c3ccncc3)CC2)o1)N1CCCC1. The van der Waals surface area contributed by atoms with Crippen LogP contribution in [0.2, 0.25) is 0 Å². The molecule has 0 radical (unpaired) electrons. The summed E-state index contributed by atoms with van der Waals surface area (Å²) in [6.07, 6.45) is 7.12. The first-order valence-corrected chi connectivity index (χ1v) is 9.50. The minimum absolute atomic E-state index is 0.0262. The number of aromatic nitrogens is 3. The van der Waals surface area contributed by atoms with E-state index in [0.717, 1.165) is 38.8 Å². The summed E-state index contributed by atoms with van der Waals surface area (Å²) in [6.45, 7) is 2.94.